The highest BCUT2D eigenvalue weighted by Gasteiger charge is 2.42. The van der Waals surface area contributed by atoms with E-state index in [9.17, 15) is 0 Å². The molecule has 0 radical (unpaired) electrons. The Labute approximate surface area is 166 Å². The molecule has 1 unspecified atom stereocenters. The summed E-state index contributed by atoms with van der Waals surface area (Å²) in [5, 5.41) is 0. The summed E-state index contributed by atoms with van der Waals surface area (Å²) < 4.78 is 12.9. The highest BCUT2D eigenvalue weighted by Crippen LogP contribution is 2.47. The topological polar surface area (TPSA) is 18.5 Å². The van der Waals surface area contributed by atoms with Crippen LogP contribution in [0.15, 0.2) is 0 Å². The molecule has 4 heterocycles. The van der Waals surface area contributed by atoms with Crippen molar-refractivity contribution in [2.24, 2.45) is 0 Å². The molecule has 0 amide bonds. The SMILES string of the molecule is CC(CSCCOB1C2CCCC1CCC2)OB1C2CCCC1CCC2. The van der Waals surface area contributed by atoms with E-state index in [-0.39, 0.29) is 0 Å². The van der Waals surface area contributed by atoms with Gasteiger partial charge in [-0.15, -0.1) is 0 Å². The van der Waals surface area contributed by atoms with Gasteiger partial charge < -0.3 is 9.31 Å². The normalized spacial score (nSPS) is 35.4. The molecule has 4 fully saturated rings. The zero-order chi connectivity index (χ0) is 17.8. The lowest BCUT2D eigenvalue weighted by atomic mass is 9.38. The first-order valence-corrected chi connectivity index (χ1v) is 12.8. The second-order valence-electron chi connectivity index (χ2n) is 9.59. The van der Waals surface area contributed by atoms with Crippen LogP contribution in [0.4, 0.5) is 0 Å². The van der Waals surface area contributed by atoms with Crippen molar-refractivity contribution >= 4 is 25.6 Å². The van der Waals surface area contributed by atoms with E-state index in [0.29, 0.717) is 19.9 Å². The second-order valence-corrected chi connectivity index (χ2v) is 10.7. The van der Waals surface area contributed by atoms with Crippen LogP contribution in [0.1, 0.15) is 84.0 Å². The third-order valence-electron chi connectivity index (χ3n) is 7.74. The smallest absolute Gasteiger partial charge is 0.299 e. The van der Waals surface area contributed by atoms with Gasteiger partial charge in [0, 0.05) is 24.2 Å². The van der Waals surface area contributed by atoms with Crippen molar-refractivity contribution in [2.75, 3.05) is 18.1 Å². The monoisotopic (exact) mass is 376 g/mol. The molecule has 0 N–H and O–H groups in total. The third-order valence-corrected chi connectivity index (χ3v) is 8.90. The first-order chi connectivity index (χ1) is 12.8. The molecule has 0 saturated carbocycles. The van der Waals surface area contributed by atoms with Gasteiger partial charge in [-0.2, -0.15) is 11.8 Å². The van der Waals surface area contributed by atoms with Crippen LogP contribution < -0.4 is 0 Å². The van der Waals surface area contributed by atoms with Gasteiger partial charge in [-0.1, -0.05) is 77.0 Å². The summed E-state index contributed by atoms with van der Waals surface area (Å²) in [6.45, 7) is 4.41. The molecule has 26 heavy (non-hydrogen) atoms. The fourth-order valence-corrected chi connectivity index (χ4v) is 7.32. The van der Waals surface area contributed by atoms with Crippen molar-refractivity contribution in [3.05, 3.63) is 0 Å². The van der Waals surface area contributed by atoms with Crippen molar-refractivity contribution < 1.29 is 9.31 Å². The summed E-state index contributed by atoms with van der Waals surface area (Å²) in [5.74, 6) is 5.76. The predicted octanol–water partition coefficient (Wildman–Crippen LogP) is 6.34. The van der Waals surface area contributed by atoms with Gasteiger partial charge in [0.15, 0.2) is 0 Å². The van der Waals surface area contributed by atoms with E-state index >= 15 is 0 Å². The Kier molecular flexibility index (Phi) is 7.38. The van der Waals surface area contributed by atoms with Crippen LogP contribution in [0.25, 0.3) is 0 Å². The van der Waals surface area contributed by atoms with Crippen LogP contribution >= 0.6 is 11.8 Å². The molecule has 4 rings (SSSR count). The van der Waals surface area contributed by atoms with Gasteiger partial charge in [-0.25, -0.2) is 0 Å². The second kappa shape index (κ2) is 9.74. The van der Waals surface area contributed by atoms with Crippen molar-refractivity contribution in [1.82, 2.24) is 0 Å². The van der Waals surface area contributed by atoms with Crippen molar-refractivity contribution in [3.8, 4) is 0 Å². The van der Waals surface area contributed by atoms with Gasteiger partial charge >= 0.3 is 0 Å². The van der Waals surface area contributed by atoms with E-state index in [0.717, 1.165) is 41.4 Å². The number of hydrogen-bond acceptors (Lipinski definition) is 3. The third kappa shape index (κ3) is 4.87. The minimum atomic E-state index is 0.403. The van der Waals surface area contributed by atoms with E-state index in [2.05, 4.69) is 6.92 Å². The molecule has 0 aromatic carbocycles. The van der Waals surface area contributed by atoms with Gasteiger partial charge in [-0.3, -0.25) is 0 Å². The summed E-state index contributed by atoms with van der Waals surface area (Å²) >= 11 is 2.04. The zero-order valence-corrected chi connectivity index (χ0v) is 17.7. The highest BCUT2D eigenvalue weighted by molar-refractivity contribution is 7.99. The molecule has 0 spiro atoms. The first kappa shape index (κ1) is 19.7. The van der Waals surface area contributed by atoms with Crippen LogP contribution in [0.2, 0.25) is 23.3 Å². The Morgan fingerprint density at radius 2 is 1.23 bits per heavy atom. The van der Waals surface area contributed by atoms with Crippen LogP contribution in [-0.2, 0) is 9.31 Å². The zero-order valence-electron chi connectivity index (χ0n) is 16.9. The van der Waals surface area contributed by atoms with Gasteiger partial charge in [-0.05, 0) is 30.2 Å². The molecule has 146 valence electrons. The largest absolute Gasteiger partial charge is 0.434 e. The van der Waals surface area contributed by atoms with Crippen LogP contribution in [-0.4, -0.2) is 38.0 Å². The quantitative estimate of drug-likeness (QED) is 0.364. The van der Waals surface area contributed by atoms with E-state index in [1.165, 1.54) is 77.0 Å². The van der Waals surface area contributed by atoms with Crippen LogP contribution in [0, 0.1) is 0 Å². The lowest BCUT2D eigenvalue weighted by Gasteiger charge is -2.40. The predicted molar refractivity (Wildman–Crippen MR) is 116 cm³/mol. The maximum atomic E-state index is 6.55. The standard InChI is InChI=1S/C21H38B2O2S/c1-17(25-23-20-10-4-11-21(23)13-5-12-20)16-26-15-14-24-22-18-6-2-7-19(22)9-3-8-18/h17-21H,2-16H2,1H3. The van der Waals surface area contributed by atoms with Gasteiger partial charge in [0.1, 0.15) is 0 Å². The number of hydrogen-bond donors (Lipinski definition) is 0. The summed E-state index contributed by atoms with van der Waals surface area (Å²) in [6.07, 6.45) is 17.5. The number of fused-ring (bicyclic) bond motifs is 4. The van der Waals surface area contributed by atoms with Crippen LogP contribution in [0.3, 0.4) is 0 Å². The van der Waals surface area contributed by atoms with Crippen molar-refractivity contribution in [3.63, 3.8) is 0 Å². The minimum absolute atomic E-state index is 0.403. The Balaban J connectivity index is 1.12. The molecule has 4 aliphatic rings. The van der Waals surface area contributed by atoms with Crippen LogP contribution in [0.5, 0.6) is 0 Å². The molecular weight excluding hydrogens is 338 g/mol. The molecule has 5 heteroatoms. The van der Waals surface area contributed by atoms with Gasteiger partial charge in [0.2, 0.25) is 0 Å². The molecule has 0 aromatic heterocycles. The Bertz CT molecular complexity index is 394. The molecule has 4 bridgehead atoms. The number of rotatable bonds is 8. The molecule has 4 saturated heterocycles. The molecule has 0 aliphatic carbocycles. The molecule has 0 aromatic rings. The Hall–Kier alpha value is 0.400. The minimum Gasteiger partial charge on any atom is -0.434 e. The molecule has 2 nitrogen and oxygen atoms in total. The summed E-state index contributed by atoms with van der Waals surface area (Å²) in [6, 6.07) is 0. The highest BCUT2D eigenvalue weighted by atomic mass is 32.2. The fraction of sp³-hybridized carbons (Fsp3) is 1.00. The number of thioether (sulfide) groups is 1. The summed E-state index contributed by atoms with van der Waals surface area (Å²) in [7, 11) is 0. The molecular formula is C21H38B2O2S. The van der Waals surface area contributed by atoms with E-state index in [4.69, 9.17) is 9.31 Å². The van der Waals surface area contributed by atoms with E-state index < -0.39 is 0 Å². The van der Waals surface area contributed by atoms with E-state index in [1.807, 2.05) is 11.8 Å². The Morgan fingerprint density at radius 3 is 1.73 bits per heavy atom. The summed E-state index contributed by atoms with van der Waals surface area (Å²) in [5.41, 5.74) is 0. The molecule has 1 atom stereocenters. The van der Waals surface area contributed by atoms with E-state index in [1.54, 1.807) is 0 Å². The van der Waals surface area contributed by atoms with Gasteiger partial charge in [0.25, 0.3) is 13.8 Å². The lowest BCUT2D eigenvalue weighted by Crippen LogP contribution is -2.40. The lowest BCUT2D eigenvalue weighted by molar-refractivity contribution is 0.213. The fourth-order valence-electron chi connectivity index (χ4n) is 6.52. The molecule has 4 aliphatic heterocycles. The average molecular weight is 376 g/mol. The maximum absolute atomic E-state index is 6.55. The summed E-state index contributed by atoms with van der Waals surface area (Å²) in [4.78, 5) is 0. The maximum Gasteiger partial charge on any atom is 0.299 e. The van der Waals surface area contributed by atoms with Gasteiger partial charge in [0.05, 0.1) is 0 Å². The van der Waals surface area contributed by atoms with Crippen molar-refractivity contribution in [2.45, 2.75) is 113 Å². The van der Waals surface area contributed by atoms with Crippen molar-refractivity contribution in [1.29, 1.82) is 0 Å². The first-order valence-electron chi connectivity index (χ1n) is 11.7. The average Bonchev–Trinajstić information content (AvgIpc) is 2.61. The Morgan fingerprint density at radius 1 is 0.769 bits per heavy atom.